The van der Waals surface area contributed by atoms with Gasteiger partial charge in [0.1, 0.15) is 0 Å². The summed E-state index contributed by atoms with van der Waals surface area (Å²) in [7, 11) is 0. The first-order valence-electron chi connectivity index (χ1n) is 6.59. The van der Waals surface area contributed by atoms with Gasteiger partial charge in [-0.3, -0.25) is 4.90 Å². The number of rotatable bonds is 4. The van der Waals surface area contributed by atoms with Gasteiger partial charge in [-0.15, -0.1) is 0 Å². The van der Waals surface area contributed by atoms with E-state index in [1.54, 1.807) is 0 Å². The van der Waals surface area contributed by atoms with E-state index in [-0.39, 0.29) is 24.8 Å². The summed E-state index contributed by atoms with van der Waals surface area (Å²) in [5, 5.41) is 9.96. The Balaban J connectivity index is 2.20. The zero-order valence-electron chi connectivity index (χ0n) is 11.1. The maximum Gasteiger partial charge on any atom is 0.0933 e. The summed E-state index contributed by atoms with van der Waals surface area (Å²) < 4.78 is 5.49. The molecule has 0 spiro atoms. The number of benzene rings is 1. The van der Waals surface area contributed by atoms with Gasteiger partial charge in [0.15, 0.2) is 0 Å². The van der Waals surface area contributed by atoms with E-state index in [1.165, 1.54) is 0 Å². The molecule has 4 nitrogen and oxygen atoms in total. The molecule has 3 unspecified atom stereocenters. The molecule has 19 heavy (non-hydrogen) atoms. The number of morpholine rings is 1. The number of hydrogen-bond donors (Lipinski definition) is 2. The van der Waals surface area contributed by atoms with Crippen LogP contribution in [0.2, 0.25) is 5.02 Å². The van der Waals surface area contributed by atoms with Gasteiger partial charge in [0.25, 0.3) is 0 Å². The fraction of sp³-hybridized carbons (Fsp3) is 0.571. The summed E-state index contributed by atoms with van der Waals surface area (Å²) >= 11 is 6.06. The molecule has 1 aliphatic rings. The van der Waals surface area contributed by atoms with Crippen LogP contribution in [0, 0.1) is 0 Å². The van der Waals surface area contributed by atoms with E-state index in [1.807, 2.05) is 31.2 Å². The average molecular weight is 285 g/mol. The highest BCUT2D eigenvalue weighted by atomic mass is 35.5. The number of aliphatic hydroxyl groups excluding tert-OH is 1. The summed E-state index contributed by atoms with van der Waals surface area (Å²) in [5.74, 6) is 0. The van der Waals surface area contributed by atoms with E-state index in [2.05, 4.69) is 4.90 Å². The molecule has 0 aromatic heterocycles. The number of hydrogen-bond acceptors (Lipinski definition) is 4. The van der Waals surface area contributed by atoms with Gasteiger partial charge >= 0.3 is 0 Å². The number of aliphatic hydroxyl groups is 1. The van der Waals surface area contributed by atoms with E-state index in [9.17, 15) is 5.11 Å². The Morgan fingerprint density at radius 1 is 1.58 bits per heavy atom. The molecule has 3 atom stereocenters. The predicted molar refractivity (Wildman–Crippen MR) is 76.2 cm³/mol. The molecule has 0 aliphatic carbocycles. The van der Waals surface area contributed by atoms with Crippen LogP contribution >= 0.6 is 11.6 Å². The third-order valence-electron chi connectivity index (χ3n) is 3.46. The van der Waals surface area contributed by atoms with Gasteiger partial charge in [0.05, 0.1) is 19.3 Å². The van der Waals surface area contributed by atoms with Crippen molar-refractivity contribution in [2.24, 2.45) is 5.73 Å². The minimum Gasteiger partial charge on any atom is -0.394 e. The number of halogens is 1. The normalized spacial score (nSPS) is 24.1. The van der Waals surface area contributed by atoms with Crippen LogP contribution in [0.15, 0.2) is 24.3 Å². The Hall–Kier alpha value is -0.650. The van der Waals surface area contributed by atoms with E-state index in [4.69, 9.17) is 22.1 Å². The maximum atomic E-state index is 9.24. The number of ether oxygens (including phenoxy) is 1. The first-order valence-corrected chi connectivity index (χ1v) is 6.97. The minimum absolute atomic E-state index is 0.0177. The van der Waals surface area contributed by atoms with E-state index in [0.717, 1.165) is 17.1 Å². The van der Waals surface area contributed by atoms with Gasteiger partial charge in [0.2, 0.25) is 0 Å². The van der Waals surface area contributed by atoms with Crippen LogP contribution in [0.4, 0.5) is 0 Å². The van der Waals surface area contributed by atoms with Gasteiger partial charge in [0, 0.05) is 30.2 Å². The summed E-state index contributed by atoms with van der Waals surface area (Å²) in [6.45, 7) is 4.16. The fourth-order valence-electron chi connectivity index (χ4n) is 2.64. The molecule has 1 saturated heterocycles. The quantitative estimate of drug-likeness (QED) is 0.878. The van der Waals surface area contributed by atoms with Crippen LogP contribution < -0.4 is 5.73 Å². The summed E-state index contributed by atoms with van der Waals surface area (Å²) in [5.41, 5.74) is 7.26. The van der Waals surface area contributed by atoms with Crippen molar-refractivity contribution >= 4 is 11.6 Å². The summed E-state index contributed by atoms with van der Waals surface area (Å²) in [6, 6.07) is 7.88. The fourth-order valence-corrected chi connectivity index (χ4v) is 2.84. The highest BCUT2D eigenvalue weighted by Gasteiger charge is 2.29. The molecule has 3 N–H and O–H groups in total. The van der Waals surface area contributed by atoms with Crippen molar-refractivity contribution in [3.8, 4) is 0 Å². The standard InChI is InChI=1S/C14H21ClN2O2/c1-10(16)14(11-3-2-4-12(15)7-11)17-5-6-19-13(8-17)9-18/h2-4,7,10,13-14,18H,5-6,8-9,16H2,1H3. The summed E-state index contributed by atoms with van der Waals surface area (Å²) in [4.78, 5) is 2.26. The molecule has 0 amide bonds. The van der Waals surface area contributed by atoms with Gasteiger partial charge in [-0.2, -0.15) is 0 Å². The maximum absolute atomic E-state index is 9.24. The lowest BCUT2D eigenvalue weighted by atomic mass is 9.98. The lowest BCUT2D eigenvalue weighted by Gasteiger charge is -2.39. The molecule has 1 fully saturated rings. The molecule has 0 bridgehead atoms. The monoisotopic (exact) mass is 284 g/mol. The number of nitrogens with two attached hydrogens (primary N) is 1. The topological polar surface area (TPSA) is 58.7 Å². The van der Waals surface area contributed by atoms with Crippen LogP contribution in [-0.2, 0) is 4.74 Å². The van der Waals surface area contributed by atoms with Crippen molar-refractivity contribution in [1.29, 1.82) is 0 Å². The van der Waals surface area contributed by atoms with Crippen molar-refractivity contribution in [1.82, 2.24) is 4.90 Å². The van der Waals surface area contributed by atoms with Crippen LogP contribution in [0.5, 0.6) is 0 Å². The number of nitrogens with zero attached hydrogens (tertiary/aromatic N) is 1. The van der Waals surface area contributed by atoms with Gasteiger partial charge < -0.3 is 15.6 Å². The van der Waals surface area contributed by atoms with Crippen LogP contribution in [0.25, 0.3) is 0 Å². The van der Waals surface area contributed by atoms with Crippen LogP contribution in [-0.4, -0.2) is 48.5 Å². The molecular weight excluding hydrogens is 264 g/mol. The van der Waals surface area contributed by atoms with Crippen molar-refractivity contribution in [3.63, 3.8) is 0 Å². The Bertz CT molecular complexity index is 414. The Kier molecular flexibility index (Phi) is 5.19. The highest BCUT2D eigenvalue weighted by molar-refractivity contribution is 6.30. The van der Waals surface area contributed by atoms with Crippen LogP contribution in [0.1, 0.15) is 18.5 Å². The molecule has 1 aliphatic heterocycles. The Morgan fingerprint density at radius 3 is 3.00 bits per heavy atom. The molecular formula is C14H21ClN2O2. The van der Waals surface area contributed by atoms with Gasteiger partial charge in [-0.25, -0.2) is 0 Å². The van der Waals surface area contributed by atoms with Crippen LogP contribution in [0.3, 0.4) is 0 Å². The average Bonchev–Trinajstić information content (AvgIpc) is 2.39. The molecule has 2 rings (SSSR count). The second-order valence-corrected chi connectivity index (χ2v) is 5.47. The van der Waals surface area contributed by atoms with Gasteiger partial charge in [-0.1, -0.05) is 23.7 Å². The molecule has 1 aromatic rings. The zero-order valence-corrected chi connectivity index (χ0v) is 11.9. The third-order valence-corrected chi connectivity index (χ3v) is 3.69. The second kappa shape index (κ2) is 6.68. The van der Waals surface area contributed by atoms with E-state index in [0.29, 0.717) is 13.2 Å². The molecule has 1 aromatic carbocycles. The molecule has 0 saturated carbocycles. The lowest BCUT2D eigenvalue weighted by Crippen LogP contribution is -2.49. The Morgan fingerprint density at radius 2 is 2.37 bits per heavy atom. The summed E-state index contributed by atoms with van der Waals surface area (Å²) in [6.07, 6.45) is -0.130. The van der Waals surface area contributed by atoms with Crippen molar-refractivity contribution < 1.29 is 9.84 Å². The molecule has 5 heteroatoms. The minimum atomic E-state index is -0.130. The first kappa shape index (κ1) is 14.8. The zero-order chi connectivity index (χ0) is 13.8. The third kappa shape index (κ3) is 3.68. The predicted octanol–water partition coefficient (Wildman–Crippen LogP) is 1.42. The van der Waals surface area contributed by atoms with Crippen molar-refractivity contribution in [2.45, 2.75) is 25.1 Å². The second-order valence-electron chi connectivity index (χ2n) is 5.03. The van der Waals surface area contributed by atoms with Gasteiger partial charge in [-0.05, 0) is 24.6 Å². The van der Waals surface area contributed by atoms with E-state index < -0.39 is 0 Å². The first-order chi connectivity index (χ1) is 9.11. The largest absolute Gasteiger partial charge is 0.394 e. The van der Waals surface area contributed by atoms with E-state index >= 15 is 0 Å². The Labute approximate surface area is 119 Å². The molecule has 1 heterocycles. The highest BCUT2D eigenvalue weighted by Crippen LogP contribution is 2.27. The SMILES string of the molecule is CC(N)C(c1cccc(Cl)c1)N1CCOC(CO)C1. The lowest BCUT2D eigenvalue weighted by molar-refractivity contribution is -0.0675. The molecule has 106 valence electrons. The van der Waals surface area contributed by atoms with Crippen molar-refractivity contribution in [3.05, 3.63) is 34.9 Å². The van der Waals surface area contributed by atoms with Crippen molar-refractivity contribution in [2.75, 3.05) is 26.3 Å². The smallest absolute Gasteiger partial charge is 0.0933 e. The molecule has 0 radical (unpaired) electrons.